The van der Waals surface area contributed by atoms with Crippen molar-refractivity contribution < 1.29 is 0 Å². The molecule has 1 atom stereocenters. The second kappa shape index (κ2) is 4.28. The van der Waals surface area contributed by atoms with Crippen LogP contribution in [0.25, 0.3) is 5.70 Å². The normalized spacial score (nSPS) is 22.7. The van der Waals surface area contributed by atoms with Crippen molar-refractivity contribution in [1.29, 1.82) is 0 Å². The Hall–Kier alpha value is -0.460. The summed E-state index contributed by atoms with van der Waals surface area (Å²) >= 11 is 7.00. The Morgan fingerprint density at radius 2 is 2.17 bits per heavy atom. The van der Waals surface area contributed by atoms with Crippen molar-refractivity contribution in [2.75, 3.05) is 0 Å². The maximum absolute atomic E-state index is 4.49. The minimum Gasteiger partial charge on any atom is -0.333 e. The molecule has 3 nitrogen and oxygen atoms in total. The van der Waals surface area contributed by atoms with Crippen LogP contribution >= 0.6 is 39.0 Å². The fourth-order valence-electron chi connectivity index (χ4n) is 2.17. The number of halogens is 1. The van der Waals surface area contributed by atoms with E-state index in [1.54, 1.807) is 11.3 Å². The third-order valence-electron chi connectivity index (χ3n) is 2.86. The maximum atomic E-state index is 4.49. The van der Waals surface area contributed by atoms with Crippen molar-refractivity contribution in [3.8, 4) is 0 Å². The Bertz CT molecular complexity index is 530. The Labute approximate surface area is 124 Å². The molecular formula is C12H14BrN3S2. The van der Waals surface area contributed by atoms with Gasteiger partial charge in [-0.2, -0.15) is 0 Å². The molecule has 0 N–H and O–H groups in total. The molecule has 18 heavy (non-hydrogen) atoms. The van der Waals surface area contributed by atoms with Crippen molar-refractivity contribution in [2.45, 2.75) is 31.8 Å². The van der Waals surface area contributed by atoms with Crippen LogP contribution in [0.1, 0.15) is 25.8 Å². The van der Waals surface area contributed by atoms with E-state index < -0.39 is 0 Å². The van der Waals surface area contributed by atoms with Gasteiger partial charge in [-0.05, 0) is 42.1 Å². The van der Waals surface area contributed by atoms with Gasteiger partial charge in [0, 0.05) is 17.9 Å². The highest BCUT2D eigenvalue weighted by Gasteiger charge is 2.41. The second-order valence-electron chi connectivity index (χ2n) is 5.22. The highest BCUT2D eigenvalue weighted by atomic mass is 79.9. The molecule has 1 unspecified atom stereocenters. The smallest absolute Gasteiger partial charge is 0.158 e. The Morgan fingerprint density at radius 3 is 2.78 bits per heavy atom. The van der Waals surface area contributed by atoms with Crippen LogP contribution in [-0.2, 0) is 0 Å². The number of hydrogen-bond acceptors (Lipinski definition) is 5. The molecule has 0 spiro atoms. The zero-order valence-corrected chi connectivity index (χ0v) is 13.6. The topological polar surface area (TPSA) is 19.4 Å². The molecule has 3 heterocycles. The van der Waals surface area contributed by atoms with E-state index in [4.69, 9.17) is 0 Å². The van der Waals surface area contributed by atoms with Crippen molar-refractivity contribution in [3.05, 3.63) is 32.8 Å². The van der Waals surface area contributed by atoms with Gasteiger partial charge in [0.2, 0.25) is 0 Å². The summed E-state index contributed by atoms with van der Waals surface area (Å²) in [5.74, 6) is 0. The molecule has 1 aromatic heterocycles. The van der Waals surface area contributed by atoms with E-state index in [9.17, 15) is 0 Å². The zero-order chi connectivity index (χ0) is 12.9. The first kappa shape index (κ1) is 12.6. The van der Waals surface area contributed by atoms with Crippen LogP contribution in [0.2, 0.25) is 0 Å². The van der Waals surface area contributed by atoms with E-state index in [0.717, 1.165) is 8.79 Å². The zero-order valence-electron chi connectivity index (χ0n) is 10.4. The average Bonchev–Trinajstić information content (AvgIpc) is 2.87. The summed E-state index contributed by atoms with van der Waals surface area (Å²) in [6.07, 6.45) is 6.19. The Morgan fingerprint density at radius 1 is 1.39 bits per heavy atom. The van der Waals surface area contributed by atoms with Gasteiger partial charge in [-0.3, -0.25) is 0 Å². The monoisotopic (exact) mass is 343 g/mol. The van der Waals surface area contributed by atoms with Crippen LogP contribution in [0.4, 0.5) is 0 Å². The minimum atomic E-state index is 0.0718. The maximum Gasteiger partial charge on any atom is 0.158 e. The molecule has 1 aromatic rings. The van der Waals surface area contributed by atoms with E-state index in [2.05, 4.69) is 69.3 Å². The van der Waals surface area contributed by atoms with Crippen molar-refractivity contribution >= 4 is 44.7 Å². The van der Waals surface area contributed by atoms with Crippen molar-refractivity contribution in [3.63, 3.8) is 0 Å². The van der Waals surface area contributed by atoms with Gasteiger partial charge in [0.1, 0.15) is 5.01 Å². The lowest BCUT2D eigenvalue weighted by molar-refractivity contribution is 0.173. The first-order valence-electron chi connectivity index (χ1n) is 5.69. The lowest BCUT2D eigenvalue weighted by Gasteiger charge is -2.39. The summed E-state index contributed by atoms with van der Waals surface area (Å²) in [6, 6.07) is 0. The molecular weight excluding hydrogens is 330 g/mol. The molecule has 0 amide bonds. The van der Waals surface area contributed by atoms with Crippen molar-refractivity contribution in [1.82, 2.24) is 14.8 Å². The first-order valence-corrected chi connectivity index (χ1v) is 8.24. The molecule has 0 saturated heterocycles. The molecule has 2 aliphatic heterocycles. The fourth-order valence-corrected chi connectivity index (χ4v) is 4.55. The van der Waals surface area contributed by atoms with Gasteiger partial charge >= 0.3 is 0 Å². The summed E-state index contributed by atoms with van der Waals surface area (Å²) in [7, 11) is 0. The molecule has 0 aliphatic carbocycles. The number of aromatic nitrogens is 1. The highest BCUT2D eigenvalue weighted by Crippen LogP contribution is 2.45. The van der Waals surface area contributed by atoms with E-state index in [-0.39, 0.29) is 5.54 Å². The third kappa shape index (κ3) is 2.00. The number of hydrogen-bond donors (Lipinski definition) is 0. The van der Waals surface area contributed by atoms with Gasteiger partial charge in [0.25, 0.3) is 0 Å². The van der Waals surface area contributed by atoms with Crippen molar-refractivity contribution in [2.24, 2.45) is 0 Å². The molecule has 0 radical (unpaired) electrons. The first-order chi connectivity index (χ1) is 8.47. The highest BCUT2D eigenvalue weighted by molar-refractivity contribution is 9.11. The average molecular weight is 344 g/mol. The van der Waals surface area contributed by atoms with Crippen LogP contribution in [0.3, 0.4) is 0 Å². The number of thioether (sulfide) groups is 1. The van der Waals surface area contributed by atoms with Gasteiger partial charge in [-0.15, -0.1) is 11.3 Å². The Kier molecular flexibility index (Phi) is 2.99. The fraction of sp³-hybridized carbons (Fsp3) is 0.417. The predicted molar refractivity (Wildman–Crippen MR) is 81.7 cm³/mol. The van der Waals surface area contributed by atoms with Gasteiger partial charge in [-0.1, -0.05) is 11.8 Å². The van der Waals surface area contributed by atoms with E-state index in [1.165, 1.54) is 5.70 Å². The molecule has 6 heteroatoms. The van der Waals surface area contributed by atoms with Crippen LogP contribution in [0.15, 0.2) is 27.8 Å². The van der Waals surface area contributed by atoms with E-state index in [0.29, 0.717) is 5.50 Å². The standard InChI is InChI=1S/C12H14BrN3S2/c1-12(2,3)16-8(10-14-6-9(13)18-10)7-15-4-5-17-11(15)16/h4-7,11H,1-3H3. The summed E-state index contributed by atoms with van der Waals surface area (Å²) in [5, 5.41) is 3.22. The summed E-state index contributed by atoms with van der Waals surface area (Å²) in [4.78, 5) is 9.17. The van der Waals surface area contributed by atoms with Crippen LogP contribution < -0.4 is 0 Å². The van der Waals surface area contributed by atoms with Gasteiger partial charge < -0.3 is 9.80 Å². The molecule has 2 aliphatic rings. The largest absolute Gasteiger partial charge is 0.333 e. The predicted octanol–water partition coefficient (Wildman–Crippen LogP) is 4.12. The third-order valence-corrected chi connectivity index (χ3v) is 5.33. The second-order valence-corrected chi connectivity index (χ2v) is 8.60. The van der Waals surface area contributed by atoms with Gasteiger partial charge in [-0.25, -0.2) is 4.98 Å². The SMILES string of the molecule is CC(C)(C)N1C(c2ncc(Br)s2)=CN2C=CSC21. The number of nitrogens with zero attached hydrogens (tertiary/aromatic N) is 3. The molecule has 96 valence electrons. The van der Waals surface area contributed by atoms with Crippen LogP contribution in [-0.4, -0.2) is 25.8 Å². The quantitative estimate of drug-likeness (QED) is 0.763. The molecule has 0 aromatic carbocycles. The summed E-state index contributed by atoms with van der Waals surface area (Å²) < 4.78 is 1.07. The lowest BCUT2D eigenvalue weighted by Crippen LogP contribution is -2.45. The molecule has 0 saturated carbocycles. The van der Waals surface area contributed by atoms with E-state index >= 15 is 0 Å². The van der Waals surface area contributed by atoms with Gasteiger partial charge in [0.05, 0.1) is 15.7 Å². The van der Waals surface area contributed by atoms with E-state index in [1.807, 2.05) is 18.0 Å². The molecule has 0 fully saturated rings. The number of rotatable bonds is 1. The van der Waals surface area contributed by atoms with Gasteiger partial charge in [0.15, 0.2) is 5.50 Å². The van der Waals surface area contributed by atoms with Crippen LogP contribution in [0, 0.1) is 0 Å². The minimum absolute atomic E-state index is 0.0718. The molecule has 0 bridgehead atoms. The molecule has 3 rings (SSSR count). The number of fused-ring (bicyclic) bond motifs is 1. The van der Waals surface area contributed by atoms with Crippen LogP contribution in [0.5, 0.6) is 0 Å². The summed E-state index contributed by atoms with van der Waals surface area (Å²) in [5.41, 5.74) is 1.62. The lowest BCUT2D eigenvalue weighted by atomic mass is 10.1. The summed E-state index contributed by atoms with van der Waals surface area (Å²) in [6.45, 7) is 6.73. The number of thiazole rings is 1. The Balaban J connectivity index is 2.03.